The van der Waals surface area contributed by atoms with Gasteiger partial charge in [0.25, 0.3) is 6.33 Å². The Bertz CT molecular complexity index is 4410. The first-order valence-corrected chi connectivity index (χ1v) is 24.8. The maximum Gasteiger partial charge on any atom is 0.268 e. The van der Waals surface area contributed by atoms with Gasteiger partial charge in [-0.05, 0) is 115 Å². The summed E-state index contributed by atoms with van der Waals surface area (Å²) in [5.41, 5.74) is 12.9. The zero-order chi connectivity index (χ0) is 57.6. The van der Waals surface area contributed by atoms with Crippen molar-refractivity contribution in [3.05, 3.63) is 247 Å². The molecule has 0 bridgehead atoms. The molecule has 3 heterocycles. The van der Waals surface area contributed by atoms with Crippen LogP contribution in [0.25, 0.3) is 94.5 Å². The summed E-state index contributed by atoms with van der Waals surface area (Å²) in [6.07, 6.45) is 5.11. The van der Waals surface area contributed by atoms with Gasteiger partial charge in [-0.15, -0.1) is 29.7 Å². The molecule has 0 saturated carbocycles. The maximum absolute atomic E-state index is 8.66. The monoisotopic (exact) mass is 1160 g/mol. The number of aromatic nitrogens is 4. The molecule has 0 aliphatic carbocycles. The van der Waals surface area contributed by atoms with Crippen molar-refractivity contribution in [2.24, 2.45) is 0 Å². The van der Waals surface area contributed by atoms with E-state index in [1.807, 2.05) is 65.2 Å². The average Bonchev–Trinajstić information content (AvgIpc) is 2.59. The van der Waals surface area contributed by atoms with Crippen molar-refractivity contribution in [1.29, 1.82) is 0 Å². The fourth-order valence-electron chi connectivity index (χ4n) is 9.95. The van der Waals surface area contributed by atoms with E-state index >= 15 is 0 Å². The van der Waals surface area contributed by atoms with Crippen LogP contribution < -0.4 is 9.30 Å². The number of ether oxygens (including phenoxy) is 1. The number of aryl methyl sites for hydroxylation is 1. The standard InChI is InChI=1S/C69H56N4O.Pt/c1-46-36-66(70-44-60(46)49-26-15-10-16-27-49)73-62-31-18-17-30-57(62)58-35-34-56(43-65(58)73)74-55-29-21-28-54(42-55)71-45-72(64-33-20-19-32-63(64)71)67-59(40-53(68(2,3)4)41-61(67)69(5,6)7)52-38-50(47-22-11-8-12-23-47)37-51(39-52)48-24-13-9-14-25-48;/h8-41,44H,1-7H3;/q-2;/i1D3,10D,15D,16D,26D,27D;. The average molecular weight is 1160 g/mol. The van der Waals surface area contributed by atoms with Crippen molar-refractivity contribution >= 4 is 32.8 Å². The van der Waals surface area contributed by atoms with E-state index in [1.54, 1.807) is 4.57 Å². The fraction of sp³-hybridized carbons (Fsp3) is 0.130. The molecule has 3 aromatic heterocycles. The van der Waals surface area contributed by atoms with Crippen LogP contribution in [0.3, 0.4) is 0 Å². The number of fused-ring (bicyclic) bond motifs is 4. The van der Waals surface area contributed by atoms with Gasteiger partial charge >= 0.3 is 0 Å². The van der Waals surface area contributed by atoms with Crippen LogP contribution >= 0.6 is 0 Å². The summed E-state index contributed by atoms with van der Waals surface area (Å²) in [7, 11) is 0. The van der Waals surface area contributed by atoms with E-state index < -0.39 is 37.1 Å². The van der Waals surface area contributed by atoms with E-state index in [0.717, 1.165) is 60.9 Å². The maximum atomic E-state index is 8.66. The third kappa shape index (κ3) is 9.32. The molecule has 12 aromatic rings. The molecule has 370 valence electrons. The summed E-state index contributed by atoms with van der Waals surface area (Å²) in [5.74, 6) is 1.00. The number of nitrogens with zero attached hydrogens (tertiary/aromatic N) is 4. The number of rotatable bonds is 9. The predicted octanol–water partition coefficient (Wildman–Crippen LogP) is 17.2. The molecule has 75 heavy (non-hydrogen) atoms. The molecule has 0 amide bonds. The third-order valence-corrected chi connectivity index (χ3v) is 13.7. The first-order chi connectivity index (χ1) is 39.1. The van der Waals surface area contributed by atoms with Crippen LogP contribution in [0.1, 0.15) is 69.2 Å². The first-order valence-electron chi connectivity index (χ1n) is 28.8. The summed E-state index contributed by atoms with van der Waals surface area (Å²) in [5, 5.41) is 1.66. The molecule has 5 nitrogen and oxygen atoms in total. The van der Waals surface area contributed by atoms with Crippen LogP contribution in [0.5, 0.6) is 11.5 Å². The van der Waals surface area contributed by atoms with Crippen molar-refractivity contribution < 1.29 is 41.3 Å². The summed E-state index contributed by atoms with van der Waals surface area (Å²) < 4.78 is 80.6. The van der Waals surface area contributed by atoms with E-state index in [4.69, 9.17) is 20.7 Å². The zero-order valence-electron chi connectivity index (χ0n) is 50.3. The molecule has 12 rings (SSSR count). The van der Waals surface area contributed by atoms with Crippen LogP contribution in [0.15, 0.2) is 212 Å². The number of imidazole rings is 1. The van der Waals surface area contributed by atoms with Crippen molar-refractivity contribution in [3.8, 4) is 73.2 Å². The van der Waals surface area contributed by atoms with Gasteiger partial charge in [-0.1, -0.05) is 193 Å². The molecule has 0 unspecified atom stereocenters. The number of hydrogen-bond acceptors (Lipinski definition) is 2. The predicted molar refractivity (Wildman–Crippen MR) is 304 cm³/mol. The Kier molecular flexibility index (Phi) is 10.5. The smallest absolute Gasteiger partial charge is 0.268 e. The molecular formula is C69H56N4OPt-2. The van der Waals surface area contributed by atoms with Gasteiger partial charge in [0.15, 0.2) is 0 Å². The SMILES string of the molecule is [2H]c1c([2H])c([2H])c(-c2cnc(-n3c4[c-]c(Oc5[c-]c(-n6[c-][n+](-c7c(-c8cc(-c9ccccc9)cc(-c9ccccc9)c8)cc(C(C)(C)C)cc7C(C)(C)C)c7ccccc76)ccc5)ccc4c4ccccc43)cc2C([2H])([2H])[2H])c([2H])c1[2H].[Pt]. The van der Waals surface area contributed by atoms with E-state index in [2.05, 4.69) is 174 Å². The second kappa shape index (κ2) is 19.6. The molecule has 0 saturated heterocycles. The third-order valence-electron chi connectivity index (χ3n) is 13.7. The van der Waals surface area contributed by atoms with Crippen molar-refractivity contribution in [2.45, 2.75) is 59.2 Å². The van der Waals surface area contributed by atoms with Crippen molar-refractivity contribution in [1.82, 2.24) is 14.1 Å². The Hall–Kier alpha value is -8.11. The van der Waals surface area contributed by atoms with Gasteiger partial charge in [0.2, 0.25) is 0 Å². The molecule has 0 atom stereocenters. The summed E-state index contributed by atoms with van der Waals surface area (Å²) in [6.45, 7) is 10.9. The fourth-order valence-corrected chi connectivity index (χ4v) is 9.95. The van der Waals surface area contributed by atoms with E-state index in [9.17, 15) is 0 Å². The van der Waals surface area contributed by atoms with Gasteiger partial charge in [-0.2, -0.15) is 18.2 Å². The molecule has 0 aliphatic heterocycles. The molecule has 0 spiro atoms. The van der Waals surface area contributed by atoms with E-state index in [1.165, 1.54) is 23.4 Å². The quantitative estimate of drug-likeness (QED) is 0.107. The number of pyridine rings is 1. The molecule has 0 N–H and O–H groups in total. The molecule has 6 heteroatoms. The van der Waals surface area contributed by atoms with Gasteiger partial charge in [0, 0.05) is 54.0 Å². The van der Waals surface area contributed by atoms with E-state index in [-0.39, 0.29) is 54.4 Å². The van der Waals surface area contributed by atoms with Crippen LogP contribution in [-0.4, -0.2) is 14.1 Å². The van der Waals surface area contributed by atoms with E-state index in [0.29, 0.717) is 28.2 Å². The van der Waals surface area contributed by atoms with Gasteiger partial charge in [-0.3, -0.25) is 4.57 Å². The van der Waals surface area contributed by atoms with Crippen LogP contribution in [0.4, 0.5) is 0 Å². The molecule has 0 radical (unpaired) electrons. The van der Waals surface area contributed by atoms with Crippen LogP contribution in [0, 0.1) is 25.3 Å². The minimum atomic E-state index is -2.76. The second-order valence-corrected chi connectivity index (χ2v) is 20.7. The van der Waals surface area contributed by atoms with Crippen molar-refractivity contribution in [3.63, 3.8) is 0 Å². The van der Waals surface area contributed by atoms with Gasteiger partial charge in [0.1, 0.15) is 5.82 Å². The molecule has 0 aliphatic rings. The molecule has 9 aromatic carbocycles. The summed E-state index contributed by atoms with van der Waals surface area (Å²) in [4.78, 5) is 4.73. The first kappa shape index (κ1) is 40.3. The normalized spacial score (nSPS) is 13.5. The van der Waals surface area contributed by atoms with Gasteiger partial charge in [0.05, 0.1) is 23.6 Å². The minimum absolute atomic E-state index is 0. The Morgan fingerprint density at radius 2 is 1.21 bits per heavy atom. The molecule has 0 fully saturated rings. The topological polar surface area (TPSA) is 35.9 Å². The Balaban J connectivity index is 0.00000721. The number of para-hydroxylation sites is 3. The Morgan fingerprint density at radius 3 is 1.91 bits per heavy atom. The van der Waals surface area contributed by atoms with Gasteiger partial charge < -0.3 is 13.9 Å². The number of hydrogen-bond donors (Lipinski definition) is 0. The van der Waals surface area contributed by atoms with Crippen LogP contribution in [-0.2, 0) is 31.9 Å². The second-order valence-electron chi connectivity index (χ2n) is 20.7. The van der Waals surface area contributed by atoms with Crippen LogP contribution in [0.2, 0.25) is 0 Å². The number of benzene rings is 9. The zero-order valence-corrected chi connectivity index (χ0v) is 44.6. The Morgan fingerprint density at radius 1 is 0.560 bits per heavy atom. The largest absolute Gasteiger partial charge is 0.510 e. The summed E-state index contributed by atoms with van der Waals surface area (Å²) in [6, 6.07) is 63.9. The Labute approximate surface area is 465 Å². The van der Waals surface area contributed by atoms with Crippen molar-refractivity contribution in [2.75, 3.05) is 0 Å². The van der Waals surface area contributed by atoms with Gasteiger partial charge in [-0.25, -0.2) is 4.98 Å². The minimum Gasteiger partial charge on any atom is -0.510 e. The summed E-state index contributed by atoms with van der Waals surface area (Å²) >= 11 is 0. The molecular weight excluding hydrogens is 1100 g/mol.